The molecule has 0 atom stereocenters. The summed E-state index contributed by atoms with van der Waals surface area (Å²) in [7, 11) is 0. The molecule has 1 aromatic rings. The highest BCUT2D eigenvalue weighted by Gasteiger charge is 2.20. The second-order valence-corrected chi connectivity index (χ2v) is 5.66. The molecule has 20 heavy (non-hydrogen) atoms. The summed E-state index contributed by atoms with van der Waals surface area (Å²) in [6.45, 7) is 5.01. The van der Waals surface area contributed by atoms with E-state index in [1.54, 1.807) is 0 Å². The van der Waals surface area contributed by atoms with Crippen LogP contribution in [0.3, 0.4) is 0 Å². The molecule has 0 saturated heterocycles. The third kappa shape index (κ3) is 5.70. The molecule has 0 aromatic heterocycles. The van der Waals surface area contributed by atoms with Crippen LogP contribution in [-0.4, -0.2) is 25.9 Å². The molecule has 0 amide bonds. The van der Waals surface area contributed by atoms with Gasteiger partial charge in [0, 0.05) is 29.8 Å². The first-order valence-corrected chi connectivity index (χ1v) is 7.89. The molecule has 1 aliphatic rings. The van der Waals surface area contributed by atoms with Crippen LogP contribution in [-0.2, 0) is 11.3 Å². The van der Waals surface area contributed by atoms with Crippen molar-refractivity contribution < 1.29 is 9.47 Å². The predicted octanol–water partition coefficient (Wildman–Crippen LogP) is 3.79. The predicted molar refractivity (Wildman–Crippen MR) is 82.5 cm³/mol. The van der Waals surface area contributed by atoms with Gasteiger partial charge < -0.3 is 14.8 Å². The van der Waals surface area contributed by atoms with Crippen LogP contribution >= 0.6 is 11.6 Å². The molecule has 1 fully saturated rings. The summed E-state index contributed by atoms with van der Waals surface area (Å²) in [5, 5.41) is 4.24. The van der Waals surface area contributed by atoms with Crippen molar-refractivity contribution in [1.29, 1.82) is 0 Å². The minimum atomic E-state index is 0.585. The molecule has 0 heterocycles. The van der Waals surface area contributed by atoms with E-state index >= 15 is 0 Å². The summed E-state index contributed by atoms with van der Waals surface area (Å²) < 4.78 is 11.3. The molecule has 3 nitrogen and oxygen atoms in total. The molecule has 1 aromatic carbocycles. The summed E-state index contributed by atoms with van der Waals surface area (Å²) in [6.07, 6.45) is 4.83. The number of ether oxygens (including phenoxy) is 2. The van der Waals surface area contributed by atoms with Crippen molar-refractivity contribution in [2.24, 2.45) is 0 Å². The lowest BCUT2D eigenvalue weighted by Gasteiger charge is -2.13. The lowest BCUT2D eigenvalue weighted by atomic mass is 10.2. The van der Waals surface area contributed by atoms with Crippen molar-refractivity contribution in [3.63, 3.8) is 0 Å². The van der Waals surface area contributed by atoms with Crippen LogP contribution in [0, 0.1) is 0 Å². The monoisotopic (exact) mass is 297 g/mol. The van der Waals surface area contributed by atoms with Gasteiger partial charge in [0.25, 0.3) is 0 Å². The van der Waals surface area contributed by atoms with Gasteiger partial charge in [-0.3, -0.25) is 0 Å². The smallest absolute Gasteiger partial charge is 0.124 e. The van der Waals surface area contributed by atoms with Crippen molar-refractivity contribution in [3.8, 4) is 5.75 Å². The lowest BCUT2D eigenvalue weighted by molar-refractivity contribution is 0.0977. The van der Waals surface area contributed by atoms with Gasteiger partial charge in [0.1, 0.15) is 12.4 Å². The quantitative estimate of drug-likeness (QED) is 0.667. The molecule has 1 saturated carbocycles. The number of hydrogen-bond acceptors (Lipinski definition) is 3. The molecule has 0 spiro atoms. The van der Waals surface area contributed by atoms with E-state index in [0.29, 0.717) is 19.3 Å². The van der Waals surface area contributed by atoms with Crippen molar-refractivity contribution in [2.75, 3.05) is 19.8 Å². The Morgan fingerprint density at radius 3 is 2.85 bits per heavy atom. The molecule has 112 valence electrons. The van der Waals surface area contributed by atoms with E-state index in [1.807, 2.05) is 18.2 Å². The zero-order valence-electron chi connectivity index (χ0n) is 12.2. The minimum Gasteiger partial charge on any atom is -0.491 e. The SMILES string of the molecule is CCCCOCCOc1ccc(Cl)cc1CNC1CC1. The maximum Gasteiger partial charge on any atom is 0.124 e. The number of unbranched alkanes of at least 4 members (excludes halogenated alkanes) is 1. The number of hydrogen-bond donors (Lipinski definition) is 1. The Morgan fingerprint density at radius 2 is 2.10 bits per heavy atom. The molecule has 1 aliphatic carbocycles. The zero-order chi connectivity index (χ0) is 14.2. The van der Waals surface area contributed by atoms with Gasteiger partial charge >= 0.3 is 0 Å². The fraction of sp³-hybridized carbons (Fsp3) is 0.625. The molecule has 2 rings (SSSR count). The number of rotatable bonds is 10. The van der Waals surface area contributed by atoms with E-state index in [0.717, 1.165) is 42.3 Å². The van der Waals surface area contributed by atoms with Gasteiger partial charge in [-0.25, -0.2) is 0 Å². The highest BCUT2D eigenvalue weighted by Crippen LogP contribution is 2.25. The van der Waals surface area contributed by atoms with Gasteiger partial charge in [-0.05, 0) is 37.5 Å². The van der Waals surface area contributed by atoms with Crippen molar-refractivity contribution in [3.05, 3.63) is 28.8 Å². The number of nitrogens with one attached hydrogen (secondary N) is 1. The van der Waals surface area contributed by atoms with Crippen molar-refractivity contribution >= 4 is 11.6 Å². The molecule has 0 unspecified atom stereocenters. The van der Waals surface area contributed by atoms with E-state index in [-0.39, 0.29) is 0 Å². The Kier molecular flexibility index (Phi) is 6.64. The average molecular weight is 298 g/mol. The van der Waals surface area contributed by atoms with Crippen LogP contribution in [0.15, 0.2) is 18.2 Å². The highest BCUT2D eigenvalue weighted by atomic mass is 35.5. The van der Waals surface area contributed by atoms with E-state index < -0.39 is 0 Å². The molecule has 0 aliphatic heterocycles. The van der Waals surface area contributed by atoms with Crippen LogP contribution < -0.4 is 10.1 Å². The van der Waals surface area contributed by atoms with Gasteiger partial charge in [-0.1, -0.05) is 24.9 Å². The minimum absolute atomic E-state index is 0.585. The first kappa shape index (κ1) is 15.6. The second-order valence-electron chi connectivity index (χ2n) is 5.22. The normalized spacial score (nSPS) is 14.5. The Balaban J connectivity index is 1.76. The van der Waals surface area contributed by atoms with Crippen molar-refractivity contribution in [2.45, 2.75) is 45.2 Å². The number of benzene rings is 1. The Morgan fingerprint density at radius 1 is 1.25 bits per heavy atom. The zero-order valence-corrected chi connectivity index (χ0v) is 12.9. The second kappa shape index (κ2) is 8.50. The fourth-order valence-corrected chi connectivity index (χ4v) is 2.12. The topological polar surface area (TPSA) is 30.5 Å². The molecule has 0 bridgehead atoms. The van der Waals surface area contributed by atoms with Gasteiger partial charge in [0.05, 0.1) is 6.61 Å². The maximum absolute atomic E-state index is 6.06. The van der Waals surface area contributed by atoms with Gasteiger partial charge in [-0.15, -0.1) is 0 Å². The van der Waals surface area contributed by atoms with E-state index in [9.17, 15) is 0 Å². The summed E-state index contributed by atoms with van der Waals surface area (Å²) in [6, 6.07) is 6.47. The van der Waals surface area contributed by atoms with E-state index in [2.05, 4.69) is 12.2 Å². The van der Waals surface area contributed by atoms with Crippen molar-refractivity contribution in [1.82, 2.24) is 5.32 Å². The van der Waals surface area contributed by atoms with E-state index in [1.165, 1.54) is 12.8 Å². The molecule has 1 N–H and O–H groups in total. The standard InChI is InChI=1S/C16H24ClNO2/c1-2-3-8-19-9-10-20-16-7-4-14(17)11-13(16)12-18-15-5-6-15/h4,7,11,15,18H,2-3,5-6,8-10,12H2,1H3. The first-order valence-electron chi connectivity index (χ1n) is 7.52. The van der Waals surface area contributed by atoms with E-state index in [4.69, 9.17) is 21.1 Å². The summed E-state index contributed by atoms with van der Waals surface area (Å²) in [5.41, 5.74) is 1.12. The first-order chi connectivity index (χ1) is 9.79. The Labute approximate surface area is 126 Å². The van der Waals surface area contributed by atoms with Gasteiger partial charge in [0.15, 0.2) is 0 Å². The molecule has 0 radical (unpaired) electrons. The van der Waals surface area contributed by atoms with Gasteiger partial charge in [0.2, 0.25) is 0 Å². The van der Waals surface area contributed by atoms with Crippen LogP contribution in [0.25, 0.3) is 0 Å². The van der Waals surface area contributed by atoms with Crippen LogP contribution in [0.5, 0.6) is 5.75 Å². The Bertz CT molecular complexity index is 407. The summed E-state index contributed by atoms with van der Waals surface area (Å²) in [5.74, 6) is 0.904. The summed E-state index contributed by atoms with van der Waals surface area (Å²) in [4.78, 5) is 0. The largest absolute Gasteiger partial charge is 0.491 e. The average Bonchev–Trinajstić information content (AvgIpc) is 3.26. The maximum atomic E-state index is 6.06. The number of halogens is 1. The van der Waals surface area contributed by atoms with Crippen LogP contribution in [0.2, 0.25) is 5.02 Å². The Hall–Kier alpha value is -0.770. The molecular weight excluding hydrogens is 274 g/mol. The van der Waals surface area contributed by atoms with Crippen LogP contribution in [0.1, 0.15) is 38.2 Å². The lowest BCUT2D eigenvalue weighted by Crippen LogP contribution is -2.16. The summed E-state index contributed by atoms with van der Waals surface area (Å²) >= 11 is 6.06. The third-order valence-corrected chi connectivity index (χ3v) is 3.54. The van der Waals surface area contributed by atoms with Crippen LogP contribution in [0.4, 0.5) is 0 Å². The van der Waals surface area contributed by atoms with Gasteiger partial charge in [-0.2, -0.15) is 0 Å². The molecule has 4 heteroatoms. The third-order valence-electron chi connectivity index (χ3n) is 3.31. The molecular formula is C16H24ClNO2. The highest BCUT2D eigenvalue weighted by molar-refractivity contribution is 6.30. The fourth-order valence-electron chi connectivity index (χ4n) is 1.93.